The maximum atomic E-state index is 10.00. The Hall–Kier alpha value is -2.06. The Morgan fingerprint density at radius 1 is 1.00 bits per heavy atom. The van der Waals surface area contributed by atoms with Crippen LogP contribution >= 0.6 is 0 Å². The molecule has 0 radical (unpaired) electrons. The maximum Gasteiger partial charge on any atom is 0.240 e. The van der Waals surface area contributed by atoms with Crippen molar-refractivity contribution >= 4 is 23.5 Å². The molecule has 108 valence electrons. The minimum Gasteiger partial charge on any atom is -0.304 e. The number of aryl methyl sites for hydroxylation is 1. The summed E-state index contributed by atoms with van der Waals surface area (Å²) in [6.07, 6.45) is 2.84. The predicted molar refractivity (Wildman–Crippen MR) is 80.2 cm³/mol. The largest absolute Gasteiger partial charge is 0.304 e. The Labute approximate surface area is 120 Å². The Morgan fingerprint density at radius 3 is 1.95 bits per heavy atom. The first-order valence-electron chi connectivity index (χ1n) is 6.61. The van der Waals surface area contributed by atoms with Crippen LogP contribution in [0.1, 0.15) is 26.3 Å². The van der Waals surface area contributed by atoms with E-state index in [4.69, 9.17) is 0 Å². The fourth-order valence-corrected chi connectivity index (χ4v) is 1.56. The van der Waals surface area contributed by atoms with Crippen molar-refractivity contribution in [3.05, 3.63) is 23.8 Å². The van der Waals surface area contributed by atoms with E-state index >= 15 is 0 Å². The van der Waals surface area contributed by atoms with Crippen molar-refractivity contribution in [1.82, 2.24) is 4.90 Å². The Kier molecular flexibility index (Phi) is 9.71. The zero-order chi connectivity index (χ0) is 15.4. The molecule has 0 bridgehead atoms. The van der Waals surface area contributed by atoms with Gasteiger partial charge in [0.15, 0.2) is 0 Å². The van der Waals surface area contributed by atoms with Crippen LogP contribution in [0.3, 0.4) is 0 Å². The molecule has 5 heteroatoms. The summed E-state index contributed by atoms with van der Waals surface area (Å²) in [6, 6.07) is 4.88. The molecule has 0 aliphatic rings. The number of benzene rings is 1. The van der Waals surface area contributed by atoms with Crippen LogP contribution in [-0.2, 0) is 9.59 Å². The highest BCUT2D eigenvalue weighted by Crippen LogP contribution is 2.23. The molecule has 1 aromatic carbocycles. The SMILES string of the molecule is CCN(CC)CC.Cc1ccc(N=C=O)cc1N=C=O. The lowest BCUT2D eigenvalue weighted by atomic mass is 10.2. The van der Waals surface area contributed by atoms with Crippen molar-refractivity contribution in [2.45, 2.75) is 27.7 Å². The molecule has 0 saturated carbocycles. The molecule has 0 aliphatic carbocycles. The molecule has 0 aliphatic heterocycles. The van der Waals surface area contributed by atoms with Crippen LogP contribution in [0.2, 0.25) is 0 Å². The lowest BCUT2D eigenvalue weighted by molar-refractivity contribution is 0.321. The second-order valence-corrected chi connectivity index (χ2v) is 4.00. The molecule has 0 N–H and O–H groups in total. The fourth-order valence-electron chi connectivity index (χ4n) is 1.56. The highest BCUT2D eigenvalue weighted by atomic mass is 16.1. The smallest absolute Gasteiger partial charge is 0.240 e. The number of hydrogen-bond acceptors (Lipinski definition) is 5. The number of carbonyl (C=O) groups excluding carboxylic acids is 2. The number of aliphatic imine (C=N–C) groups is 2. The molecule has 0 saturated heterocycles. The number of hydrogen-bond donors (Lipinski definition) is 0. The minimum absolute atomic E-state index is 0.426. The van der Waals surface area contributed by atoms with Gasteiger partial charge in [0.1, 0.15) is 0 Å². The van der Waals surface area contributed by atoms with E-state index in [1.54, 1.807) is 19.1 Å². The molecule has 5 nitrogen and oxygen atoms in total. The molecule has 0 atom stereocenters. The van der Waals surface area contributed by atoms with Gasteiger partial charge in [-0.25, -0.2) is 9.59 Å². The highest BCUT2D eigenvalue weighted by Gasteiger charge is 1.97. The summed E-state index contributed by atoms with van der Waals surface area (Å²) in [5.74, 6) is 0. The maximum absolute atomic E-state index is 10.00. The van der Waals surface area contributed by atoms with E-state index in [0.717, 1.165) is 5.56 Å². The van der Waals surface area contributed by atoms with E-state index in [1.165, 1.54) is 37.9 Å². The molecular formula is C15H21N3O2. The Bertz CT molecular complexity index is 492. The lowest BCUT2D eigenvalue weighted by Crippen LogP contribution is -2.21. The lowest BCUT2D eigenvalue weighted by Gasteiger charge is -2.13. The number of nitrogens with zero attached hydrogens (tertiary/aromatic N) is 3. The fraction of sp³-hybridized carbons (Fsp3) is 0.467. The molecule has 0 amide bonds. The van der Waals surface area contributed by atoms with Crippen molar-refractivity contribution in [3.63, 3.8) is 0 Å². The predicted octanol–water partition coefficient (Wildman–Crippen LogP) is 3.28. The molecule has 0 aromatic heterocycles. The van der Waals surface area contributed by atoms with E-state index in [9.17, 15) is 9.59 Å². The molecule has 0 unspecified atom stereocenters. The summed E-state index contributed by atoms with van der Waals surface area (Å²) in [4.78, 5) is 29.1. The van der Waals surface area contributed by atoms with Gasteiger partial charge in [0.2, 0.25) is 12.2 Å². The summed E-state index contributed by atoms with van der Waals surface area (Å²) in [5, 5.41) is 0. The first kappa shape index (κ1) is 17.9. The van der Waals surface area contributed by atoms with Crippen LogP contribution in [0.4, 0.5) is 11.4 Å². The van der Waals surface area contributed by atoms with E-state index in [0.29, 0.717) is 11.4 Å². The van der Waals surface area contributed by atoms with Crippen molar-refractivity contribution < 1.29 is 9.59 Å². The summed E-state index contributed by atoms with van der Waals surface area (Å²) in [7, 11) is 0. The second-order valence-electron chi connectivity index (χ2n) is 4.00. The summed E-state index contributed by atoms with van der Waals surface area (Å²) >= 11 is 0. The molecule has 1 aromatic rings. The number of isocyanates is 2. The van der Waals surface area contributed by atoms with Crippen LogP contribution in [-0.4, -0.2) is 36.7 Å². The summed E-state index contributed by atoms with van der Waals surface area (Å²) < 4.78 is 0. The van der Waals surface area contributed by atoms with Crippen molar-refractivity contribution in [3.8, 4) is 0 Å². The average molecular weight is 275 g/mol. The van der Waals surface area contributed by atoms with Gasteiger partial charge in [-0.05, 0) is 44.3 Å². The van der Waals surface area contributed by atoms with Gasteiger partial charge in [-0.1, -0.05) is 26.8 Å². The van der Waals surface area contributed by atoms with E-state index < -0.39 is 0 Å². The van der Waals surface area contributed by atoms with E-state index in [2.05, 4.69) is 35.7 Å². The van der Waals surface area contributed by atoms with Gasteiger partial charge >= 0.3 is 0 Å². The standard InChI is InChI=1S/C9H6N2O2.C6H15N/c1-7-2-3-8(10-5-12)4-9(7)11-6-13;1-4-7(5-2)6-3/h2-4H,1H3;4-6H2,1-3H3. The molecule has 20 heavy (non-hydrogen) atoms. The van der Waals surface area contributed by atoms with Crippen molar-refractivity contribution in [1.29, 1.82) is 0 Å². The average Bonchev–Trinajstić information content (AvgIpc) is 2.46. The van der Waals surface area contributed by atoms with Crippen LogP contribution in [0, 0.1) is 6.92 Å². The summed E-state index contributed by atoms with van der Waals surface area (Å²) in [6.45, 7) is 11.9. The highest BCUT2D eigenvalue weighted by molar-refractivity contribution is 5.61. The number of rotatable bonds is 5. The third-order valence-electron chi connectivity index (χ3n) is 2.88. The first-order chi connectivity index (χ1) is 9.62. The normalized spacial score (nSPS) is 9.05. The molecular weight excluding hydrogens is 254 g/mol. The van der Waals surface area contributed by atoms with Crippen molar-refractivity contribution in [2.24, 2.45) is 9.98 Å². The Morgan fingerprint density at radius 2 is 1.55 bits per heavy atom. The Balaban J connectivity index is 0.000000441. The van der Waals surface area contributed by atoms with Crippen LogP contribution < -0.4 is 0 Å². The van der Waals surface area contributed by atoms with Crippen LogP contribution in [0.25, 0.3) is 0 Å². The molecule has 1 rings (SSSR count). The summed E-state index contributed by atoms with van der Waals surface area (Å²) in [5.41, 5.74) is 1.72. The van der Waals surface area contributed by atoms with Gasteiger partial charge in [0.05, 0.1) is 11.4 Å². The zero-order valence-corrected chi connectivity index (χ0v) is 12.5. The van der Waals surface area contributed by atoms with E-state index in [1.807, 2.05) is 0 Å². The topological polar surface area (TPSA) is 62.1 Å². The monoisotopic (exact) mass is 275 g/mol. The van der Waals surface area contributed by atoms with E-state index in [-0.39, 0.29) is 0 Å². The van der Waals surface area contributed by atoms with Gasteiger partial charge in [-0.3, -0.25) is 0 Å². The third-order valence-corrected chi connectivity index (χ3v) is 2.88. The first-order valence-corrected chi connectivity index (χ1v) is 6.61. The molecule has 0 spiro atoms. The van der Waals surface area contributed by atoms with Crippen LogP contribution in [0.5, 0.6) is 0 Å². The third kappa shape index (κ3) is 6.76. The minimum atomic E-state index is 0.426. The van der Waals surface area contributed by atoms with Gasteiger partial charge in [0.25, 0.3) is 0 Å². The van der Waals surface area contributed by atoms with Crippen LogP contribution in [0.15, 0.2) is 28.2 Å². The van der Waals surface area contributed by atoms with Gasteiger partial charge in [-0.15, -0.1) is 0 Å². The van der Waals surface area contributed by atoms with Crippen molar-refractivity contribution in [2.75, 3.05) is 19.6 Å². The van der Waals surface area contributed by atoms with Gasteiger partial charge in [0, 0.05) is 0 Å². The quantitative estimate of drug-likeness (QED) is 0.612. The molecule has 0 fully saturated rings. The second kappa shape index (κ2) is 10.8. The zero-order valence-electron chi connectivity index (χ0n) is 12.5. The van der Waals surface area contributed by atoms with Gasteiger partial charge in [-0.2, -0.15) is 9.98 Å². The molecule has 0 heterocycles. The van der Waals surface area contributed by atoms with Gasteiger partial charge < -0.3 is 4.90 Å².